The van der Waals surface area contributed by atoms with Gasteiger partial charge >= 0.3 is 5.97 Å². The fourth-order valence-corrected chi connectivity index (χ4v) is 1.27. The fourth-order valence-electron chi connectivity index (χ4n) is 1.27. The Kier molecular flexibility index (Phi) is 3.04. The van der Waals surface area contributed by atoms with Crippen LogP contribution in [-0.2, 0) is 0 Å². The molecule has 0 bridgehead atoms. The zero-order chi connectivity index (χ0) is 11.6. The average molecular weight is 210 g/mol. The van der Waals surface area contributed by atoms with Crippen LogP contribution in [0.5, 0.6) is 5.75 Å². The summed E-state index contributed by atoms with van der Waals surface area (Å²) in [4.78, 5) is 12.7. The van der Waals surface area contributed by atoms with E-state index < -0.39 is 5.97 Å². The lowest BCUT2D eigenvalue weighted by molar-refractivity contribution is 0.0694. The quantitative estimate of drug-likeness (QED) is 0.729. The summed E-state index contributed by atoms with van der Waals surface area (Å²) in [5.41, 5.74) is 6.65. The Labute approximate surface area is 88.1 Å². The molecule has 82 valence electrons. The molecular weight excluding hydrogens is 196 g/mol. The molecule has 3 N–H and O–H groups in total. The SMILES string of the molecule is COc1cc(N(C)C)cc(N)c1C(=O)O. The van der Waals surface area contributed by atoms with E-state index in [1.807, 2.05) is 19.0 Å². The number of ether oxygens (including phenoxy) is 1. The first-order valence-electron chi connectivity index (χ1n) is 4.35. The van der Waals surface area contributed by atoms with Gasteiger partial charge in [-0.1, -0.05) is 0 Å². The summed E-state index contributed by atoms with van der Waals surface area (Å²) in [5, 5.41) is 8.93. The molecular formula is C10H14N2O3. The van der Waals surface area contributed by atoms with Gasteiger partial charge in [0.1, 0.15) is 11.3 Å². The monoisotopic (exact) mass is 210 g/mol. The molecule has 1 aromatic rings. The third kappa shape index (κ3) is 2.12. The van der Waals surface area contributed by atoms with Crippen LogP contribution in [-0.4, -0.2) is 32.3 Å². The van der Waals surface area contributed by atoms with Crippen molar-refractivity contribution in [3.05, 3.63) is 17.7 Å². The predicted octanol–water partition coefficient (Wildman–Crippen LogP) is 1.04. The predicted molar refractivity (Wildman–Crippen MR) is 58.7 cm³/mol. The van der Waals surface area contributed by atoms with Crippen molar-refractivity contribution in [2.24, 2.45) is 0 Å². The highest BCUT2D eigenvalue weighted by Gasteiger charge is 2.16. The van der Waals surface area contributed by atoms with Gasteiger partial charge in [-0.25, -0.2) is 4.79 Å². The molecule has 0 heterocycles. The maximum atomic E-state index is 10.9. The second kappa shape index (κ2) is 4.08. The number of nitrogens with two attached hydrogens (primary N) is 1. The highest BCUT2D eigenvalue weighted by atomic mass is 16.5. The molecule has 0 unspecified atom stereocenters. The summed E-state index contributed by atoms with van der Waals surface area (Å²) in [5.74, 6) is -0.819. The van der Waals surface area contributed by atoms with E-state index in [9.17, 15) is 4.79 Å². The Morgan fingerprint density at radius 3 is 2.47 bits per heavy atom. The van der Waals surface area contributed by atoms with Crippen molar-refractivity contribution in [1.29, 1.82) is 0 Å². The van der Waals surface area contributed by atoms with Crippen molar-refractivity contribution in [3.8, 4) is 5.75 Å². The van der Waals surface area contributed by atoms with Crippen LogP contribution in [0.25, 0.3) is 0 Å². The van der Waals surface area contributed by atoms with Gasteiger partial charge in [-0.05, 0) is 6.07 Å². The standard InChI is InChI=1S/C10H14N2O3/c1-12(2)6-4-7(11)9(10(13)14)8(5-6)15-3/h4-5H,11H2,1-3H3,(H,13,14). The van der Waals surface area contributed by atoms with Crippen molar-refractivity contribution in [1.82, 2.24) is 0 Å². The number of benzene rings is 1. The third-order valence-electron chi connectivity index (χ3n) is 2.07. The van der Waals surface area contributed by atoms with Gasteiger partial charge in [0, 0.05) is 25.8 Å². The summed E-state index contributed by atoms with van der Waals surface area (Å²) >= 11 is 0. The maximum absolute atomic E-state index is 10.9. The van der Waals surface area contributed by atoms with Crippen LogP contribution in [0.1, 0.15) is 10.4 Å². The minimum Gasteiger partial charge on any atom is -0.496 e. The van der Waals surface area contributed by atoms with Gasteiger partial charge in [0.25, 0.3) is 0 Å². The number of anilines is 2. The number of hydrogen-bond donors (Lipinski definition) is 2. The first kappa shape index (κ1) is 11.2. The van der Waals surface area contributed by atoms with Crippen molar-refractivity contribution >= 4 is 17.3 Å². The van der Waals surface area contributed by atoms with Gasteiger partial charge in [0.05, 0.1) is 12.8 Å². The molecule has 0 aliphatic rings. The second-order valence-corrected chi connectivity index (χ2v) is 3.31. The molecule has 1 aromatic carbocycles. The Balaban J connectivity index is 3.37. The molecule has 5 nitrogen and oxygen atoms in total. The molecule has 0 aliphatic carbocycles. The minimum absolute atomic E-state index is 0.00287. The Hall–Kier alpha value is -1.91. The molecule has 0 amide bonds. The molecule has 0 aliphatic heterocycles. The molecule has 0 saturated heterocycles. The van der Waals surface area contributed by atoms with E-state index >= 15 is 0 Å². The highest BCUT2D eigenvalue weighted by Crippen LogP contribution is 2.30. The highest BCUT2D eigenvalue weighted by molar-refractivity contribution is 5.97. The summed E-state index contributed by atoms with van der Waals surface area (Å²) in [6, 6.07) is 3.24. The number of rotatable bonds is 3. The zero-order valence-corrected chi connectivity index (χ0v) is 8.94. The summed E-state index contributed by atoms with van der Waals surface area (Å²) in [6.07, 6.45) is 0. The van der Waals surface area contributed by atoms with Crippen molar-refractivity contribution < 1.29 is 14.6 Å². The van der Waals surface area contributed by atoms with E-state index in [-0.39, 0.29) is 17.0 Å². The summed E-state index contributed by atoms with van der Waals surface area (Å²) in [7, 11) is 5.10. The average Bonchev–Trinajstić information content (AvgIpc) is 2.15. The minimum atomic E-state index is -1.09. The van der Waals surface area contributed by atoms with E-state index in [0.29, 0.717) is 0 Å². The second-order valence-electron chi connectivity index (χ2n) is 3.31. The lowest BCUT2D eigenvalue weighted by Crippen LogP contribution is -2.12. The number of nitrogen functional groups attached to an aromatic ring is 1. The summed E-state index contributed by atoms with van der Waals surface area (Å²) < 4.78 is 4.99. The molecule has 0 fully saturated rings. The maximum Gasteiger partial charge on any atom is 0.341 e. The van der Waals surface area contributed by atoms with Crippen LogP contribution < -0.4 is 15.4 Å². The molecule has 0 aromatic heterocycles. The number of nitrogens with zero attached hydrogens (tertiary/aromatic N) is 1. The van der Waals surface area contributed by atoms with Crippen molar-refractivity contribution in [2.75, 3.05) is 31.8 Å². The normalized spacial score (nSPS) is 9.80. The zero-order valence-electron chi connectivity index (χ0n) is 8.94. The smallest absolute Gasteiger partial charge is 0.341 e. The molecule has 0 atom stereocenters. The number of hydrogen-bond acceptors (Lipinski definition) is 4. The Morgan fingerprint density at radius 2 is 2.07 bits per heavy atom. The van der Waals surface area contributed by atoms with Crippen LogP contribution in [0.15, 0.2) is 12.1 Å². The molecule has 1 rings (SSSR count). The fraction of sp³-hybridized carbons (Fsp3) is 0.300. The molecule has 0 saturated carbocycles. The van der Waals surface area contributed by atoms with Gasteiger partial charge < -0.3 is 20.5 Å². The molecule has 5 heteroatoms. The largest absolute Gasteiger partial charge is 0.496 e. The van der Waals surface area contributed by atoms with Gasteiger partial charge in [-0.3, -0.25) is 0 Å². The first-order valence-corrected chi connectivity index (χ1v) is 4.35. The number of carboxylic acid groups (broad SMARTS) is 1. The van der Waals surface area contributed by atoms with Crippen molar-refractivity contribution in [3.63, 3.8) is 0 Å². The number of aromatic carboxylic acids is 1. The van der Waals surface area contributed by atoms with E-state index in [1.165, 1.54) is 7.11 Å². The van der Waals surface area contributed by atoms with Gasteiger partial charge in [-0.2, -0.15) is 0 Å². The Bertz CT molecular complexity index is 388. The van der Waals surface area contributed by atoms with E-state index in [4.69, 9.17) is 15.6 Å². The van der Waals surface area contributed by atoms with E-state index in [0.717, 1.165) is 5.69 Å². The van der Waals surface area contributed by atoms with E-state index in [2.05, 4.69) is 0 Å². The topological polar surface area (TPSA) is 75.8 Å². The molecule has 0 spiro atoms. The van der Waals surface area contributed by atoms with Crippen molar-refractivity contribution in [2.45, 2.75) is 0 Å². The van der Waals surface area contributed by atoms with Crippen LogP contribution in [0.3, 0.4) is 0 Å². The number of carboxylic acids is 1. The summed E-state index contributed by atoms with van der Waals surface area (Å²) in [6.45, 7) is 0. The van der Waals surface area contributed by atoms with Crippen LogP contribution in [0.2, 0.25) is 0 Å². The van der Waals surface area contributed by atoms with Gasteiger partial charge in [0.2, 0.25) is 0 Å². The lowest BCUT2D eigenvalue weighted by Gasteiger charge is -2.16. The number of methoxy groups -OCH3 is 1. The van der Waals surface area contributed by atoms with Gasteiger partial charge in [0.15, 0.2) is 0 Å². The van der Waals surface area contributed by atoms with Crippen LogP contribution >= 0.6 is 0 Å². The lowest BCUT2D eigenvalue weighted by atomic mass is 10.1. The first-order chi connectivity index (χ1) is 6.97. The number of carbonyl (C=O) groups is 1. The molecule has 0 radical (unpaired) electrons. The van der Waals surface area contributed by atoms with Crippen LogP contribution in [0.4, 0.5) is 11.4 Å². The van der Waals surface area contributed by atoms with E-state index in [1.54, 1.807) is 12.1 Å². The Morgan fingerprint density at radius 1 is 1.47 bits per heavy atom. The van der Waals surface area contributed by atoms with Crippen LogP contribution in [0, 0.1) is 0 Å². The third-order valence-corrected chi connectivity index (χ3v) is 2.07. The van der Waals surface area contributed by atoms with Gasteiger partial charge in [-0.15, -0.1) is 0 Å². The molecule has 15 heavy (non-hydrogen) atoms.